The average Bonchev–Trinajstić information content (AvgIpc) is 3.00. The van der Waals surface area contributed by atoms with Crippen molar-refractivity contribution in [3.05, 3.63) is 12.2 Å². The molecule has 0 fully saturated rings. The van der Waals surface area contributed by atoms with Gasteiger partial charge in [0.2, 0.25) is 5.91 Å². The van der Waals surface area contributed by atoms with Crippen LogP contribution in [0.1, 0.15) is 200 Å². The summed E-state index contributed by atoms with van der Waals surface area (Å²) in [7, 11) is 0. The molecule has 3 N–H and O–H groups in total. The lowest BCUT2D eigenvalue weighted by molar-refractivity contribution is -0.118. The van der Waals surface area contributed by atoms with Crippen molar-refractivity contribution in [2.24, 2.45) is 10.7 Å². The zero-order valence-corrected chi connectivity index (χ0v) is 29.2. The van der Waals surface area contributed by atoms with Gasteiger partial charge < -0.3 is 5.73 Å². The molecule has 0 aromatic heterocycles. The maximum absolute atomic E-state index is 11.1. The van der Waals surface area contributed by atoms with Gasteiger partial charge in [0.25, 0.3) is 0 Å². The Morgan fingerprint density at radius 1 is 0.581 bits per heavy atom. The third kappa shape index (κ3) is 36.7. The van der Waals surface area contributed by atoms with Gasteiger partial charge >= 0.3 is 0 Å². The highest BCUT2D eigenvalue weighted by molar-refractivity contribution is 5.73. The molecule has 0 rings (SSSR count). The molecule has 0 aromatic carbocycles. The Labute approximate surface area is 269 Å². The van der Waals surface area contributed by atoms with Crippen molar-refractivity contribution in [2.45, 2.75) is 200 Å². The lowest BCUT2D eigenvalue weighted by Crippen LogP contribution is -2.39. The molecule has 0 saturated heterocycles. The van der Waals surface area contributed by atoms with Crippen molar-refractivity contribution in [1.82, 2.24) is 10.4 Å². The van der Waals surface area contributed by atoms with Crippen LogP contribution < -0.4 is 11.2 Å². The number of amides is 1. The number of allylic oxidation sites excluding steroid dienone is 2. The number of primary amides is 1. The van der Waals surface area contributed by atoms with Crippen LogP contribution in [0.3, 0.4) is 0 Å². The van der Waals surface area contributed by atoms with Gasteiger partial charge in [0, 0.05) is 26.1 Å². The third-order valence-corrected chi connectivity index (χ3v) is 8.46. The molecule has 5 nitrogen and oxygen atoms in total. The first kappa shape index (κ1) is 41.6. The molecular weight excluding hydrogens is 528 g/mol. The minimum absolute atomic E-state index is 0.259. The molecule has 5 heteroatoms. The van der Waals surface area contributed by atoms with E-state index in [0.29, 0.717) is 13.0 Å². The molecule has 1 amide bonds. The SMILES string of the molecule is CCCCCCCC/C=C\CCCCCCCCN=CN(CCCCCCCCCCCCCCCC)NCCC(N)=O. The highest BCUT2D eigenvalue weighted by Crippen LogP contribution is 2.13. The molecule has 0 saturated carbocycles. The van der Waals surface area contributed by atoms with E-state index < -0.39 is 0 Å². The third-order valence-electron chi connectivity index (χ3n) is 8.46. The standard InChI is InChI=1S/C38H76N4O/c1-3-5-7-9-11-13-15-17-19-20-21-23-25-27-29-31-34-40-37-42(41-35-33-38(39)43)36-32-30-28-26-24-22-18-16-14-12-10-8-6-4-2/h17,19,37,41H,3-16,18,20-36H2,1-2H3,(H2,39,43)/b19-17-,40-37?. The topological polar surface area (TPSA) is 70.7 Å². The van der Waals surface area contributed by atoms with Gasteiger partial charge in [0.1, 0.15) is 0 Å². The Bertz CT molecular complexity index is 607. The highest BCUT2D eigenvalue weighted by atomic mass is 16.1. The van der Waals surface area contributed by atoms with Crippen LogP contribution in [-0.4, -0.2) is 36.9 Å². The number of carbonyl (C=O) groups excluding carboxylic acids is 1. The van der Waals surface area contributed by atoms with E-state index in [0.717, 1.165) is 25.9 Å². The molecule has 0 atom stereocenters. The van der Waals surface area contributed by atoms with Crippen molar-refractivity contribution in [1.29, 1.82) is 0 Å². The van der Waals surface area contributed by atoms with Crippen LogP contribution in [-0.2, 0) is 4.79 Å². The first-order valence-corrected chi connectivity index (χ1v) is 19.1. The average molecular weight is 605 g/mol. The number of nitrogens with one attached hydrogen (secondary N) is 1. The van der Waals surface area contributed by atoms with E-state index in [4.69, 9.17) is 5.73 Å². The number of nitrogens with two attached hydrogens (primary N) is 1. The summed E-state index contributed by atoms with van der Waals surface area (Å²) < 4.78 is 0. The van der Waals surface area contributed by atoms with E-state index in [1.54, 1.807) is 0 Å². The van der Waals surface area contributed by atoms with Crippen LogP contribution in [0.2, 0.25) is 0 Å². The van der Waals surface area contributed by atoms with Gasteiger partial charge in [0.15, 0.2) is 0 Å². The first-order chi connectivity index (χ1) is 21.2. The van der Waals surface area contributed by atoms with Crippen molar-refractivity contribution in [3.63, 3.8) is 0 Å². The number of rotatable bonds is 36. The van der Waals surface area contributed by atoms with Crippen molar-refractivity contribution >= 4 is 12.2 Å². The smallest absolute Gasteiger partial charge is 0.218 e. The molecule has 0 unspecified atom stereocenters. The van der Waals surface area contributed by atoms with Crippen LogP contribution >= 0.6 is 0 Å². The van der Waals surface area contributed by atoms with Gasteiger partial charge in [-0.3, -0.25) is 14.8 Å². The predicted molar refractivity (Wildman–Crippen MR) is 192 cm³/mol. The zero-order chi connectivity index (χ0) is 31.3. The zero-order valence-electron chi connectivity index (χ0n) is 29.2. The Morgan fingerprint density at radius 2 is 0.977 bits per heavy atom. The van der Waals surface area contributed by atoms with Crippen molar-refractivity contribution < 1.29 is 4.79 Å². The number of hydrazine groups is 1. The first-order valence-electron chi connectivity index (χ1n) is 19.1. The largest absolute Gasteiger partial charge is 0.370 e. The number of nitrogens with zero attached hydrogens (tertiary/aromatic N) is 2. The number of aliphatic imine (C=N–C) groups is 1. The summed E-state index contributed by atoms with van der Waals surface area (Å²) in [5, 5.41) is 2.07. The summed E-state index contributed by atoms with van der Waals surface area (Å²) in [5.41, 5.74) is 8.66. The summed E-state index contributed by atoms with van der Waals surface area (Å²) >= 11 is 0. The van der Waals surface area contributed by atoms with E-state index in [1.807, 2.05) is 6.34 Å². The highest BCUT2D eigenvalue weighted by Gasteiger charge is 2.02. The number of unbranched alkanes of at least 4 members (excludes halogenated alkanes) is 25. The normalized spacial score (nSPS) is 11.8. The summed E-state index contributed by atoms with van der Waals surface area (Å²) in [6, 6.07) is 0. The van der Waals surface area contributed by atoms with E-state index in [9.17, 15) is 4.79 Å². The van der Waals surface area contributed by atoms with Gasteiger partial charge in [-0.1, -0.05) is 167 Å². The van der Waals surface area contributed by atoms with Gasteiger partial charge in [-0.05, 0) is 38.5 Å². The molecule has 0 aliphatic carbocycles. The Hall–Kier alpha value is -1.36. The fourth-order valence-electron chi connectivity index (χ4n) is 5.58. The number of carbonyl (C=O) groups is 1. The second kappa shape index (κ2) is 36.8. The van der Waals surface area contributed by atoms with Gasteiger partial charge in [-0.2, -0.15) is 0 Å². The summed E-state index contributed by atoms with van der Waals surface area (Å²) in [6.07, 6.45) is 44.9. The lowest BCUT2D eigenvalue weighted by Gasteiger charge is -2.20. The molecule has 43 heavy (non-hydrogen) atoms. The monoisotopic (exact) mass is 605 g/mol. The molecule has 0 aliphatic rings. The number of hydrogen-bond acceptors (Lipinski definition) is 3. The van der Waals surface area contributed by atoms with Crippen molar-refractivity contribution in [3.8, 4) is 0 Å². The Balaban J connectivity index is 3.74. The maximum Gasteiger partial charge on any atom is 0.218 e. The molecular formula is C38H76N4O. The molecule has 0 radical (unpaired) electrons. The van der Waals surface area contributed by atoms with Crippen LogP contribution in [0.5, 0.6) is 0 Å². The summed E-state index contributed by atoms with van der Waals surface area (Å²) in [4.78, 5) is 15.8. The van der Waals surface area contributed by atoms with Crippen LogP contribution in [0.4, 0.5) is 0 Å². The Morgan fingerprint density at radius 3 is 1.42 bits per heavy atom. The molecule has 254 valence electrons. The summed E-state index contributed by atoms with van der Waals surface area (Å²) in [5.74, 6) is -0.259. The molecule has 0 heterocycles. The number of hydrogen-bond donors (Lipinski definition) is 2. The van der Waals surface area contributed by atoms with Crippen LogP contribution in [0.15, 0.2) is 17.1 Å². The molecule has 0 aliphatic heterocycles. The van der Waals surface area contributed by atoms with Crippen LogP contribution in [0.25, 0.3) is 0 Å². The van der Waals surface area contributed by atoms with E-state index in [2.05, 4.69) is 41.4 Å². The molecule has 0 bridgehead atoms. The second-order valence-corrected chi connectivity index (χ2v) is 12.9. The minimum atomic E-state index is -0.259. The van der Waals surface area contributed by atoms with Gasteiger partial charge in [0.05, 0.1) is 6.34 Å². The van der Waals surface area contributed by atoms with Gasteiger partial charge in [-0.25, -0.2) is 5.43 Å². The van der Waals surface area contributed by atoms with Crippen LogP contribution in [0, 0.1) is 0 Å². The minimum Gasteiger partial charge on any atom is -0.370 e. The quantitative estimate of drug-likeness (QED) is 0.0246. The van der Waals surface area contributed by atoms with E-state index >= 15 is 0 Å². The van der Waals surface area contributed by atoms with Gasteiger partial charge in [-0.15, -0.1) is 0 Å². The maximum atomic E-state index is 11.1. The lowest BCUT2D eigenvalue weighted by atomic mass is 10.0. The van der Waals surface area contributed by atoms with E-state index in [1.165, 1.54) is 167 Å². The predicted octanol–water partition coefficient (Wildman–Crippen LogP) is 11.2. The summed E-state index contributed by atoms with van der Waals surface area (Å²) in [6.45, 7) is 6.97. The fraction of sp³-hybridized carbons (Fsp3) is 0.895. The van der Waals surface area contributed by atoms with Crippen molar-refractivity contribution in [2.75, 3.05) is 19.6 Å². The fourth-order valence-corrected chi connectivity index (χ4v) is 5.58. The second-order valence-electron chi connectivity index (χ2n) is 12.9. The molecule has 0 aromatic rings. The molecule has 0 spiro atoms. The van der Waals surface area contributed by atoms with E-state index in [-0.39, 0.29) is 5.91 Å². The Kier molecular flexibility index (Phi) is 35.7.